The summed E-state index contributed by atoms with van der Waals surface area (Å²) in [4.78, 5) is 9.16. The Labute approximate surface area is 206 Å². The molecule has 3 aromatic heterocycles. The van der Waals surface area contributed by atoms with Gasteiger partial charge in [0.2, 0.25) is 0 Å². The van der Waals surface area contributed by atoms with E-state index in [4.69, 9.17) is 5.73 Å². The number of benzene rings is 1. The summed E-state index contributed by atoms with van der Waals surface area (Å²) < 4.78 is 0. The molecule has 0 amide bonds. The molecule has 170 valence electrons. The zero-order valence-electron chi connectivity index (χ0n) is 17.7. The first kappa shape index (κ1) is 25.9. The largest absolute Gasteiger partial charge is 0.383 e. The number of nitrogens with zero attached hydrogens (tertiary/aromatic N) is 3. The Morgan fingerprint density at radius 3 is 2.50 bits per heavy atom. The van der Waals surface area contributed by atoms with Gasteiger partial charge in [0.15, 0.2) is 0 Å². The summed E-state index contributed by atoms with van der Waals surface area (Å²) in [5.74, 6) is 0.969. The zero-order valence-corrected chi connectivity index (χ0v) is 20.1. The predicted octanol–water partition coefficient (Wildman–Crippen LogP) is 5.31. The maximum absolute atomic E-state index is 6.25. The molecule has 0 saturated carbocycles. The summed E-state index contributed by atoms with van der Waals surface area (Å²) in [6, 6.07) is 10.4. The molecule has 1 fully saturated rings. The van der Waals surface area contributed by atoms with Crippen LogP contribution in [0.1, 0.15) is 30.0 Å². The molecular weight excluding hydrogens is 467 g/mol. The number of halogens is 3. The summed E-state index contributed by atoms with van der Waals surface area (Å²) in [6.07, 6.45) is 7.86. The van der Waals surface area contributed by atoms with Gasteiger partial charge in [0.25, 0.3) is 0 Å². The standard InChI is InChI=1S/C23H24N6.3ClH/c1-14-3-2-4-16-10-21(26-12-19(14)16)18-9-17(11-27-23(18)24)20-13-28-29-22(20)15-5-7-25-8-6-15;;;/h2-4,9-13,15,25H,5-8H2,1H3,(H2,24,27)(H,28,29);3*1H. The lowest BCUT2D eigenvalue weighted by Gasteiger charge is -2.22. The first-order valence-corrected chi connectivity index (χ1v) is 10.1. The van der Waals surface area contributed by atoms with Crippen molar-refractivity contribution in [2.24, 2.45) is 0 Å². The number of anilines is 1. The molecule has 4 aromatic rings. The number of nitrogen functional groups attached to an aromatic ring is 1. The molecule has 6 nitrogen and oxygen atoms in total. The highest BCUT2D eigenvalue weighted by molar-refractivity contribution is 5.89. The van der Waals surface area contributed by atoms with Crippen LogP contribution in [0.15, 0.2) is 48.9 Å². The fourth-order valence-corrected chi connectivity index (χ4v) is 4.25. The quantitative estimate of drug-likeness (QED) is 0.360. The molecule has 0 radical (unpaired) electrons. The number of aromatic nitrogens is 4. The highest BCUT2D eigenvalue weighted by atomic mass is 35.5. The van der Waals surface area contributed by atoms with Gasteiger partial charge in [-0.2, -0.15) is 5.10 Å². The molecule has 0 bridgehead atoms. The summed E-state index contributed by atoms with van der Waals surface area (Å²) in [6.45, 7) is 4.17. The second-order valence-corrected chi connectivity index (χ2v) is 7.74. The second kappa shape index (κ2) is 11.0. The number of aromatic amines is 1. The molecule has 1 aliphatic rings. The Kier molecular flexibility index (Phi) is 8.87. The summed E-state index contributed by atoms with van der Waals surface area (Å²) in [7, 11) is 0. The molecule has 0 spiro atoms. The molecule has 9 heteroatoms. The molecule has 0 atom stereocenters. The van der Waals surface area contributed by atoms with E-state index in [1.807, 2.05) is 18.6 Å². The minimum atomic E-state index is 0. The number of H-pyrrole nitrogens is 1. The van der Waals surface area contributed by atoms with Gasteiger partial charge in [-0.15, -0.1) is 37.2 Å². The average molecular weight is 494 g/mol. The normalized spacial score (nSPS) is 13.7. The van der Waals surface area contributed by atoms with Gasteiger partial charge in [-0.05, 0) is 55.9 Å². The topological polar surface area (TPSA) is 92.5 Å². The van der Waals surface area contributed by atoms with Crippen LogP contribution in [-0.4, -0.2) is 33.3 Å². The Morgan fingerprint density at radius 1 is 0.938 bits per heavy atom. The number of nitrogens with one attached hydrogen (secondary N) is 2. The third kappa shape index (κ3) is 4.84. The van der Waals surface area contributed by atoms with Crippen molar-refractivity contribution in [3.8, 4) is 22.4 Å². The zero-order chi connectivity index (χ0) is 19.8. The Balaban J connectivity index is 0.00000121. The fourth-order valence-electron chi connectivity index (χ4n) is 4.25. The van der Waals surface area contributed by atoms with Gasteiger partial charge >= 0.3 is 0 Å². The van der Waals surface area contributed by atoms with Crippen molar-refractivity contribution in [1.29, 1.82) is 0 Å². The van der Waals surface area contributed by atoms with Crippen LogP contribution in [0.3, 0.4) is 0 Å². The van der Waals surface area contributed by atoms with Crippen LogP contribution in [0, 0.1) is 6.92 Å². The van der Waals surface area contributed by atoms with Gasteiger partial charge in [-0.1, -0.05) is 18.2 Å². The number of piperidine rings is 1. The lowest BCUT2D eigenvalue weighted by atomic mass is 9.90. The monoisotopic (exact) mass is 492 g/mol. The van der Waals surface area contributed by atoms with E-state index < -0.39 is 0 Å². The van der Waals surface area contributed by atoms with Gasteiger partial charge in [-0.25, -0.2) is 4.98 Å². The second-order valence-electron chi connectivity index (χ2n) is 7.74. The third-order valence-electron chi connectivity index (χ3n) is 5.90. The van der Waals surface area contributed by atoms with Crippen LogP contribution in [0.2, 0.25) is 0 Å². The van der Waals surface area contributed by atoms with Crippen LogP contribution in [0.5, 0.6) is 0 Å². The fraction of sp³-hybridized carbons (Fsp3) is 0.261. The molecule has 4 N–H and O–H groups in total. The first-order valence-electron chi connectivity index (χ1n) is 10.1. The maximum Gasteiger partial charge on any atom is 0.132 e. The van der Waals surface area contributed by atoms with E-state index in [0.717, 1.165) is 59.1 Å². The van der Waals surface area contributed by atoms with Crippen molar-refractivity contribution in [2.45, 2.75) is 25.7 Å². The smallest absolute Gasteiger partial charge is 0.132 e. The lowest BCUT2D eigenvalue weighted by molar-refractivity contribution is 0.453. The van der Waals surface area contributed by atoms with E-state index >= 15 is 0 Å². The van der Waals surface area contributed by atoms with Gasteiger partial charge in [0, 0.05) is 46.1 Å². The third-order valence-corrected chi connectivity index (χ3v) is 5.90. The molecular formula is C23H27Cl3N6. The minimum absolute atomic E-state index is 0. The lowest BCUT2D eigenvalue weighted by Crippen LogP contribution is -2.27. The number of rotatable bonds is 3. The van der Waals surface area contributed by atoms with Gasteiger partial charge < -0.3 is 11.1 Å². The van der Waals surface area contributed by atoms with Gasteiger partial charge in [-0.3, -0.25) is 10.1 Å². The van der Waals surface area contributed by atoms with Crippen LogP contribution in [-0.2, 0) is 0 Å². The van der Waals surface area contributed by atoms with E-state index in [1.165, 1.54) is 11.3 Å². The van der Waals surface area contributed by atoms with Crippen molar-refractivity contribution in [3.05, 3.63) is 60.2 Å². The van der Waals surface area contributed by atoms with Crippen molar-refractivity contribution in [2.75, 3.05) is 18.8 Å². The van der Waals surface area contributed by atoms with Crippen molar-refractivity contribution in [3.63, 3.8) is 0 Å². The highest BCUT2D eigenvalue weighted by Crippen LogP contribution is 2.35. The molecule has 32 heavy (non-hydrogen) atoms. The van der Waals surface area contributed by atoms with E-state index in [-0.39, 0.29) is 37.2 Å². The Hall–Kier alpha value is -2.38. The molecule has 1 aromatic carbocycles. The van der Waals surface area contributed by atoms with E-state index in [9.17, 15) is 0 Å². The number of nitrogens with two attached hydrogens (primary N) is 1. The summed E-state index contributed by atoms with van der Waals surface area (Å²) in [5, 5.41) is 13.3. The molecule has 4 heterocycles. The summed E-state index contributed by atoms with van der Waals surface area (Å²) >= 11 is 0. The SMILES string of the molecule is Cc1cccc2cc(-c3cc(-c4cn[nH]c4C4CCNCC4)cnc3N)ncc12.Cl.Cl.Cl. The molecule has 0 unspecified atom stereocenters. The van der Waals surface area contributed by atoms with Gasteiger partial charge in [0.1, 0.15) is 5.82 Å². The maximum atomic E-state index is 6.25. The Bertz CT molecular complexity index is 1190. The molecule has 1 saturated heterocycles. The summed E-state index contributed by atoms with van der Waals surface area (Å²) in [5.41, 5.74) is 12.4. The van der Waals surface area contributed by atoms with Crippen LogP contribution in [0.25, 0.3) is 33.2 Å². The first-order chi connectivity index (χ1) is 14.2. The average Bonchev–Trinajstić information content (AvgIpc) is 3.25. The molecule has 1 aliphatic heterocycles. The highest BCUT2D eigenvalue weighted by Gasteiger charge is 2.21. The van der Waals surface area contributed by atoms with Crippen molar-refractivity contribution >= 4 is 53.8 Å². The number of hydrogen-bond donors (Lipinski definition) is 3. The number of hydrogen-bond acceptors (Lipinski definition) is 5. The molecule has 5 rings (SSSR count). The van der Waals surface area contributed by atoms with Gasteiger partial charge in [0.05, 0.1) is 11.9 Å². The Morgan fingerprint density at radius 2 is 1.72 bits per heavy atom. The predicted molar refractivity (Wildman–Crippen MR) is 138 cm³/mol. The van der Waals surface area contributed by atoms with Crippen LogP contribution >= 0.6 is 37.2 Å². The van der Waals surface area contributed by atoms with E-state index in [0.29, 0.717) is 11.7 Å². The molecule has 0 aliphatic carbocycles. The van der Waals surface area contributed by atoms with E-state index in [2.05, 4.69) is 62.7 Å². The van der Waals surface area contributed by atoms with Crippen molar-refractivity contribution in [1.82, 2.24) is 25.5 Å². The number of aryl methyl sites for hydroxylation is 1. The van der Waals surface area contributed by atoms with Crippen molar-refractivity contribution < 1.29 is 0 Å². The van der Waals surface area contributed by atoms with Crippen LogP contribution in [0.4, 0.5) is 5.82 Å². The van der Waals surface area contributed by atoms with E-state index in [1.54, 1.807) is 0 Å². The minimum Gasteiger partial charge on any atom is -0.383 e. The van der Waals surface area contributed by atoms with Crippen LogP contribution < -0.4 is 11.1 Å². The number of fused-ring (bicyclic) bond motifs is 1. The number of pyridine rings is 2.